The number of benzene rings is 1. The van der Waals surface area contributed by atoms with Gasteiger partial charge in [0.15, 0.2) is 5.96 Å². The zero-order chi connectivity index (χ0) is 16.8. The first kappa shape index (κ1) is 20.5. The Morgan fingerprint density at radius 1 is 1.24 bits per heavy atom. The molecule has 1 saturated heterocycles. The lowest BCUT2D eigenvalue weighted by Gasteiger charge is -2.24. The minimum Gasteiger partial charge on any atom is -0.356 e. The van der Waals surface area contributed by atoms with Gasteiger partial charge < -0.3 is 10.6 Å². The van der Waals surface area contributed by atoms with Crippen molar-refractivity contribution >= 4 is 29.9 Å². The predicted octanol–water partition coefficient (Wildman–Crippen LogP) is 3.34. The molecule has 5 heteroatoms. The standard InChI is InChI=1S/C20H32N4.HI/c1-16-6-5-7-17(14-16)10-12-22-20(21-2)23-18-11-13-24(15-18)19-8-3-4-9-19;/h5-7,14,18-19H,3-4,8-13,15H2,1-2H3,(H2,21,22,23);1H. The smallest absolute Gasteiger partial charge is 0.191 e. The molecule has 3 rings (SSSR count). The van der Waals surface area contributed by atoms with Gasteiger partial charge in [-0.15, -0.1) is 24.0 Å². The lowest BCUT2D eigenvalue weighted by atomic mass is 10.1. The summed E-state index contributed by atoms with van der Waals surface area (Å²) in [6, 6.07) is 10.1. The van der Waals surface area contributed by atoms with E-state index in [1.54, 1.807) is 0 Å². The van der Waals surface area contributed by atoms with Crippen LogP contribution in [0.1, 0.15) is 43.2 Å². The number of nitrogens with zero attached hydrogens (tertiary/aromatic N) is 2. The Balaban J connectivity index is 0.00000225. The van der Waals surface area contributed by atoms with E-state index in [4.69, 9.17) is 0 Å². The molecule has 0 aromatic heterocycles. The van der Waals surface area contributed by atoms with Gasteiger partial charge in [-0.05, 0) is 38.2 Å². The maximum absolute atomic E-state index is 4.40. The molecule has 25 heavy (non-hydrogen) atoms. The molecule has 1 saturated carbocycles. The molecular weight excluding hydrogens is 423 g/mol. The molecule has 1 aliphatic heterocycles. The summed E-state index contributed by atoms with van der Waals surface area (Å²) in [7, 11) is 1.87. The van der Waals surface area contributed by atoms with Gasteiger partial charge in [-0.1, -0.05) is 42.7 Å². The Kier molecular flexibility index (Phi) is 8.49. The van der Waals surface area contributed by atoms with Gasteiger partial charge in [0.05, 0.1) is 0 Å². The highest BCUT2D eigenvalue weighted by Crippen LogP contribution is 2.26. The van der Waals surface area contributed by atoms with E-state index < -0.39 is 0 Å². The number of guanidine groups is 1. The highest BCUT2D eigenvalue weighted by Gasteiger charge is 2.30. The lowest BCUT2D eigenvalue weighted by Crippen LogP contribution is -2.45. The Labute approximate surface area is 169 Å². The molecule has 1 aliphatic carbocycles. The molecule has 0 radical (unpaired) electrons. The maximum Gasteiger partial charge on any atom is 0.191 e. The van der Waals surface area contributed by atoms with Crippen molar-refractivity contribution in [1.29, 1.82) is 0 Å². The molecule has 1 heterocycles. The van der Waals surface area contributed by atoms with Crippen molar-refractivity contribution in [3.8, 4) is 0 Å². The largest absolute Gasteiger partial charge is 0.356 e. The van der Waals surface area contributed by atoms with Crippen LogP contribution in [-0.4, -0.2) is 49.6 Å². The zero-order valence-electron chi connectivity index (χ0n) is 15.6. The van der Waals surface area contributed by atoms with E-state index >= 15 is 0 Å². The van der Waals surface area contributed by atoms with E-state index in [0.29, 0.717) is 6.04 Å². The van der Waals surface area contributed by atoms with Crippen LogP contribution in [0.25, 0.3) is 0 Å². The molecule has 1 atom stereocenters. The predicted molar refractivity (Wildman–Crippen MR) is 117 cm³/mol. The van der Waals surface area contributed by atoms with Crippen molar-refractivity contribution in [1.82, 2.24) is 15.5 Å². The van der Waals surface area contributed by atoms with Crippen molar-refractivity contribution in [2.24, 2.45) is 4.99 Å². The number of hydrogen-bond donors (Lipinski definition) is 2. The number of nitrogens with one attached hydrogen (secondary N) is 2. The van der Waals surface area contributed by atoms with Crippen molar-refractivity contribution in [3.63, 3.8) is 0 Å². The van der Waals surface area contributed by atoms with Gasteiger partial charge in [0.2, 0.25) is 0 Å². The third-order valence-corrected chi connectivity index (χ3v) is 5.41. The second-order valence-electron chi connectivity index (χ2n) is 7.30. The minimum absolute atomic E-state index is 0. The summed E-state index contributed by atoms with van der Waals surface area (Å²) < 4.78 is 0. The number of rotatable bonds is 5. The first-order chi connectivity index (χ1) is 11.7. The van der Waals surface area contributed by atoms with Crippen LogP contribution in [0.5, 0.6) is 0 Å². The summed E-state index contributed by atoms with van der Waals surface area (Å²) in [5, 5.41) is 7.08. The van der Waals surface area contributed by atoms with Crippen LogP contribution in [0, 0.1) is 6.92 Å². The van der Waals surface area contributed by atoms with Gasteiger partial charge in [-0.25, -0.2) is 0 Å². The monoisotopic (exact) mass is 456 g/mol. The molecule has 1 unspecified atom stereocenters. The molecule has 1 aromatic carbocycles. The van der Waals surface area contributed by atoms with Gasteiger partial charge in [0.1, 0.15) is 0 Å². The molecule has 2 fully saturated rings. The van der Waals surface area contributed by atoms with E-state index in [9.17, 15) is 0 Å². The lowest BCUT2D eigenvalue weighted by molar-refractivity contribution is 0.242. The first-order valence-electron chi connectivity index (χ1n) is 9.51. The Morgan fingerprint density at radius 3 is 2.76 bits per heavy atom. The van der Waals surface area contributed by atoms with E-state index in [-0.39, 0.29) is 24.0 Å². The number of aryl methyl sites for hydroxylation is 1. The quantitative estimate of drug-likeness (QED) is 0.406. The van der Waals surface area contributed by atoms with Gasteiger partial charge in [-0.3, -0.25) is 9.89 Å². The van der Waals surface area contributed by atoms with Crippen LogP contribution < -0.4 is 10.6 Å². The summed E-state index contributed by atoms with van der Waals surface area (Å²) in [5.41, 5.74) is 2.71. The minimum atomic E-state index is 0. The fraction of sp³-hybridized carbons (Fsp3) is 0.650. The van der Waals surface area contributed by atoms with Gasteiger partial charge in [0, 0.05) is 38.8 Å². The summed E-state index contributed by atoms with van der Waals surface area (Å²) in [5.74, 6) is 0.945. The molecule has 1 aromatic rings. The van der Waals surface area contributed by atoms with E-state index in [1.165, 1.54) is 56.3 Å². The molecule has 0 amide bonds. The summed E-state index contributed by atoms with van der Waals surface area (Å²) in [6.07, 6.45) is 7.89. The van der Waals surface area contributed by atoms with E-state index in [1.807, 2.05) is 7.05 Å². The van der Waals surface area contributed by atoms with Crippen LogP contribution in [0.3, 0.4) is 0 Å². The number of halogens is 1. The maximum atomic E-state index is 4.40. The van der Waals surface area contributed by atoms with Crippen LogP contribution in [0.4, 0.5) is 0 Å². The second kappa shape index (κ2) is 10.4. The van der Waals surface area contributed by atoms with Crippen LogP contribution >= 0.6 is 24.0 Å². The van der Waals surface area contributed by atoms with Crippen molar-refractivity contribution in [2.45, 2.75) is 57.5 Å². The number of hydrogen-bond acceptors (Lipinski definition) is 2. The molecule has 0 spiro atoms. The normalized spacial score (nSPS) is 22.0. The second-order valence-corrected chi connectivity index (χ2v) is 7.30. The summed E-state index contributed by atoms with van der Waals surface area (Å²) in [6.45, 7) is 5.47. The van der Waals surface area contributed by atoms with Gasteiger partial charge >= 0.3 is 0 Å². The van der Waals surface area contributed by atoms with Gasteiger partial charge in [0.25, 0.3) is 0 Å². The van der Waals surface area contributed by atoms with E-state index in [0.717, 1.165) is 25.0 Å². The fourth-order valence-electron chi connectivity index (χ4n) is 4.09. The molecule has 2 aliphatic rings. The van der Waals surface area contributed by atoms with Crippen molar-refractivity contribution in [2.75, 3.05) is 26.7 Å². The Morgan fingerprint density at radius 2 is 2.04 bits per heavy atom. The number of likely N-dealkylation sites (tertiary alicyclic amines) is 1. The van der Waals surface area contributed by atoms with Crippen LogP contribution in [0.15, 0.2) is 29.3 Å². The zero-order valence-corrected chi connectivity index (χ0v) is 18.0. The third kappa shape index (κ3) is 6.13. The average Bonchev–Trinajstić information content (AvgIpc) is 3.25. The summed E-state index contributed by atoms with van der Waals surface area (Å²) in [4.78, 5) is 7.08. The molecule has 2 N–H and O–H groups in total. The average molecular weight is 456 g/mol. The van der Waals surface area contributed by atoms with E-state index in [2.05, 4.69) is 51.7 Å². The highest BCUT2D eigenvalue weighted by molar-refractivity contribution is 14.0. The van der Waals surface area contributed by atoms with Crippen molar-refractivity contribution < 1.29 is 0 Å². The summed E-state index contributed by atoms with van der Waals surface area (Å²) >= 11 is 0. The van der Waals surface area contributed by atoms with Gasteiger partial charge in [-0.2, -0.15) is 0 Å². The van der Waals surface area contributed by atoms with Crippen LogP contribution in [0.2, 0.25) is 0 Å². The number of aliphatic imine (C=N–C) groups is 1. The highest BCUT2D eigenvalue weighted by atomic mass is 127. The first-order valence-corrected chi connectivity index (χ1v) is 9.51. The molecule has 0 bridgehead atoms. The Bertz CT molecular complexity index is 554. The molecular formula is C20H33IN4. The third-order valence-electron chi connectivity index (χ3n) is 5.41. The molecule has 4 nitrogen and oxygen atoms in total. The Hall–Kier alpha value is -0.820. The molecule has 140 valence electrons. The fourth-order valence-corrected chi connectivity index (χ4v) is 4.09. The topological polar surface area (TPSA) is 39.7 Å². The van der Waals surface area contributed by atoms with Crippen molar-refractivity contribution in [3.05, 3.63) is 35.4 Å². The SMILES string of the molecule is CN=C(NCCc1cccc(C)c1)NC1CCN(C2CCCC2)C1.I. The van der Waals surface area contributed by atoms with Crippen LogP contribution in [-0.2, 0) is 6.42 Å².